The standard InChI is InChI=1S/C19H15FO2S2/c1-4-18(21)23-15-9-10-16(17(20)11-15)13-5-7-14(8-6-13)24-19(22)12(2)3/h4-11H,1-2H2,3H3. The normalized spacial score (nSPS) is 10.2. The minimum Gasteiger partial charge on any atom is -0.282 e. The van der Waals surface area contributed by atoms with Crippen molar-refractivity contribution in [3.05, 3.63) is 73.1 Å². The lowest BCUT2D eigenvalue weighted by Gasteiger charge is -2.07. The number of thioether (sulfide) groups is 2. The van der Waals surface area contributed by atoms with Gasteiger partial charge < -0.3 is 0 Å². The molecule has 0 aliphatic rings. The maximum Gasteiger partial charge on any atom is 0.219 e. The molecule has 2 rings (SSSR count). The molecule has 0 aliphatic heterocycles. The first kappa shape index (κ1) is 18.2. The summed E-state index contributed by atoms with van der Waals surface area (Å²) in [6, 6.07) is 11.7. The summed E-state index contributed by atoms with van der Waals surface area (Å²) < 4.78 is 14.3. The molecule has 0 spiro atoms. The molecule has 0 fully saturated rings. The van der Waals surface area contributed by atoms with Gasteiger partial charge in [-0.05, 0) is 71.9 Å². The molecule has 0 aliphatic carbocycles. The highest BCUT2D eigenvalue weighted by molar-refractivity contribution is 8.14. The second-order valence-electron chi connectivity index (χ2n) is 4.96. The Morgan fingerprint density at radius 2 is 1.67 bits per heavy atom. The van der Waals surface area contributed by atoms with Crippen molar-refractivity contribution in [2.75, 3.05) is 0 Å². The van der Waals surface area contributed by atoms with Gasteiger partial charge in [0.25, 0.3) is 0 Å². The average Bonchev–Trinajstić information content (AvgIpc) is 2.55. The number of halogens is 1. The Morgan fingerprint density at radius 1 is 1.04 bits per heavy atom. The Labute approximate surface area is 148 Å². The summed E-state index contributed by atoms with van der Waals surface area (Å²) in [6.07, 6.45) is 1.19. The molecule has 0 unspecified atom stereocenters. The van der Waals surface area contributed by atoms with Gasteiger partial charge >= 0.3 is 0 Å². The highest BCUT2D eigenvalue weighted by Gasteiger charge is 2.10. The van der Waals surface area contributed by atoms with E-state index in [4.69, 9.17) is 0 Å². The maximum absolute atomic E-state index is 14.3. The average molecular weight is 358 g/mol. The van der Waals surface area contributed by atoms with E-state index in [1.807, 2.05) is 0 Å². The Balaban J connectivity index is 2.19. The largest absolute Gasteiger partial charge is 0.282 e. The second-order valence-corrected chi connectivity index (χ2v) is 7.09. The van der Waals surface area contributed by atoms with E-state index in [1.165, 1.54) is 12.1 Å². The Bertz CT molecular complexity index is 811. The Morgan fingerprint density at radius 3 is 2.21 bits per heavy atom. The Kier molecular flexibility index (Phi) is 6.17. The van der Waals surface area contributed by atoms with Gasteiger partial charge in [-0.2, -0.15) is 0 Å². The van der Waals surface area contributed by atoms with E-state index in [-0.39, 0.29) is 10.2 Å². The van der Waals surface area contributed by atoms with Gasteiger partial charge in [0, 0.05) is 15.4 Å². The van der Waals surface area contributed by atoms with Gasteiger partial charge in [0.2, 0.25) is 10.2 Å². The van der Waals surface area contributed by atoms with Crippen LogP contribution < -0.4 is 0 Å². The van der Waals surface area contributed by atoms with Crippen LogP contribution in [0.3, 0.4) is 0 Å². The van der Waals surface area contributed by atoms with Crippen molar-refractivity contribution in [1.82, 2.24) is 0 Å². The summed E-state index contributed by atoms with van der Waals surface area (Å²) in [5.74, 6) is -0.407. The molecule has 122 valence electrons. The van der Waals surface area contributed by atoms with Crippen LogP contribution in [0.5, 0.6) is 0 Å². The number of rotatable bonds is 5. The molecule has 0 N–H and O–H groups in total. The van der Waals surface area contributed by atoms with Gasteiger partial charge in [-0.1, -0.05) is 31.4 Å². The predicted molar refractivity (Wildman–Crippen MR) is 98.6 cm³/mol. The van der Waals surface area contributed by atoms with Crippen LogP contribution in [0.15, 0.2) is 77.1 Å². The predicted octanol–water partition coefficient (Wildman–Crippen LogP) is 5.49. The van der Waals surface area contributed by atoms with E-state index in [1.54, 1.807) is 43.3 Å². The molecule has 0 heterocycles. The molecule has 2 nitrogen and oxygen atoms in total. The zero-order valence-electron chi connectivity index (χ0n) is 13.0. The summed E-state index contributed by atoms with van der Waals surface area (Å²) in [5.41, 5.74) is 1.62. The van der Waals surface area contributed by atoms with Crippen LogP contribution in [0.4, 0.5) is 4.39 Å². The number of hydrogen-bond donors (Lipinski definition) is 0. The Hall–Kier alpha value is -2.11. The van der Waals surface area contributed by atoms with Gasteiger partial charge in [0.05, 0.1) is 0 Å². The maximum atomic E-state index is 14.3. The van der Waals surface area contributed by atoms with Crippen LogP contribution in [0.2, 0.25) is 0 Å². The van der Waals surface area contributed by atoms with E-state index >= 15 is 0 Å². The van der Waals surface area contributed by atoms with Gasteiger partial charge in [0.15, 0.2) is 0 Å². The van der Waals surface area contributed by atoms with E-state index in [0.29, 0.717) is 21.6 Å². The fourth-order valence-corrected chi connectivity index (χ4v) is 3.12. The molecule has 0 radical (unpaired) electrons. The van der Waals surface area contributed by atoms with Crippen molar-refractivity contribution in [2.45, 2.75) is 16.7 Å². The van der Waals surface area contributed by atoms with E-state index in [2.05, 4.69) is 13.2 Å². The molecular formula is C19H15FO2S2. The van der Waals surface area contributed by atoms with Gasteiger partial charge in [-0.3, -0.25) is 9.59 Å². The molecule has 0 bridgehead atoms. The third kappa shape index (κ3) is 4.69. The molecule has 0 saturated heterocycles. The van der Waals surface area contributed by atoms with Crippen molar-refractivity contribution < 1.29 is 14.0 Å². The topological polar surface area (TPSA) is 34.1 Å². The van der Waals surface area contributed by atoms with Crippen molar-refractivity contribution >= 4 is 33.8 Å². The molecule has 0 amide bonds. The zero-order chi connectivity index (χ0) is 17.7. The zero-order valence-corrected chi connectivity index (χ0v) is 14.7. The molecule has 0 aromatic heterocycles. The molecule has 2 aromatic rings. The summed E-state index contributed by atoms with van der Waals surface area (Å²) in [4.78, 5) is 24.2. The molecule has 5 heteroatoms. The van der Waals surface area contributed by atoms with Crippen molar-refractivity contribution in [3.63, 3.8) is 0 Å². The molecule has 2 aromatic carbocycles. The van der Waals surface area contributed by atoms with Gasteiger partial charge in [-0.25, -0.2) is 4.39 Å². The van der Waals surface area contributed by atoms with E-state index < -0.39 is 5.82 Å². The quantitative estimate of drug-likeness (QED) is 0.523. The minimum absolute atomic E-state index is 0.0952. The third-order valence-corrected chi connectivity index (χ3v) is 4.95. The van der Waals surface area contributed by atoms with Crippen LogP contribution >= 0.6 is 23.5 Å². The fourth-order valence-electron chi connectivity index (χ4n) is 1.85. The number of benzene rings is 2. The highest BCUT2D eigenvalue weighted by Crippen LogP contribution is 2.30. The second kappa shape index (κ2) is 8.13. The first-order valence-corrected chi connectivity index (χ1v) is 8.66. The van der Waals surface area contributed by atoms with Crippen molar-refractivity contribution in [2.24, 2.45) is 0 Å². The van der Waals surface area contributed by atoms with E-state index in [9.17, 15) is 14.0 Å². The summed E-state index contributed by atoms with van der Waals surface area (Å²) in [7, 11) is 0. The lowest BCUT2D eigenvalue weighted by atomic mass is 10.1. The van der Waals surface area contributed by atoms with Crippen LogP contribution in [0.1, 0.15) is 6.92 Å². The monoisotopic (exact) mass is 358 g/mol. The molecule has 0 atom stereocenters. The number of carbonyl (C=O) groups is 2. The van der Waals surface area contributed by atoms with Crippen molar-refractivity contribution in [1.29, 1.82) is 0 Å². The fraction of sp³-hybridized carbons (Fsp3) is 0.0526. The van der Waals surface area contributed by atoms with Crippen LogP contribution in [0, 0.1) is 5.82 Å². The SMILES string of the molecule is C=CC(=O)Sc1ccc(-c2ccc(SC(=O)C(=C)C)cc2)c(F)c1. The lowest BCUT2D eigenvalue weighted by molar-refractivity contribution is -0.108. The molecule has 24 heavy (non-hydrogen) atoms. The minimum atomic E-state index is -0.407. The number of hydrogen-bond acceptors (Lipinski definition) is 4. The smallest absolute Gasteiger partial charge is 0.219 e. The van der Waals surface area contributed by atoms with Gasteiger partial charge in [-0.15, -0.1) is 0 Å². The van der Waals surface area contributed by atoms with Crippen molar-refractivity contribution in [3.8, 4) is 11.1 Å². The van der Waals surface area contributed by atoms with Gasteiger partial charge in [0.1, 0.15) is 5.82 Å². The summed E-state index contributed by atoms with van der Waals surface area (Å²) in [6.45, 7) is 8.66. The molecule has 0 saturated carbocycles. The van der Waals surface area contributed by atoms with Crippen LogP contribution in [-0.2, 0) is 9.59 Å². The highest BCUT2D eigenvalue weighted by atomic mass is 32.2. The first-order chi connectivity index (χ1) is 11.4. The third-order valence-electron chi connectivity index (χ3n) is 3.05. The summed E-state index contributed by atoms with van der Waals surface area (Å²) >= 11 is 2.02. The number of carbonyl (C=O) groups excluding carboxylic acids is 2. The molecular weight excluding hydrogens is 343 g/mol. The summed E-state index contributed by atoms with van der Waals surface area (Å²) in [5, 5.41) is -0.326. The lowest BCUT2D eigenvalue weighted by Crippen LogP contribution is -1.91. The van der Waals surface area contributed by atoms with Crippen LogP contribution in [-0.4, -0.2) is 10.2 Å². The van der Waals surface area contributed by atoms with Crippen LogP contribution in [0.25, 0.3) is 11.1 Å². The van der Waals surface area contributed by atoms with E-state index in [0.717, 1.165) is 28.4 Å². The first-order valence-electron chi connectivity index (χ1n) is 7.02.